The molecular weight excluding hydrogens is 298 g/mol. The van der Waals surface area contributed by atoms with Crippen LogP contribution in [0.5, 0.6) is 17.2 Å². The molecule has 2 N–H and O–H groups in total. The van der Waals surface area contributed by atoms with Crippen LogP contribution in [0.2, 0.25) is 0 Å². The lowest BCUT2D eigenvalue weighted by atomic mass is 10.3. The van der Waals surface area contributed by atoms with Crippen molar-refractivity contribution in [2.45, 2.75) is 26.1 Å². The maximum atomic E-state index is 9.99. The van der Waals surface area contributed by atoms with Gasteiger partial charge in [-0.3, -0.25) is 0 Å². The molecule has 1 aromatic carbocycles. The van der Waals surface area contributed by atoms with Crippen LogP contribution in [0.1, 0.15) is 12.7 Å². The molecule has 2 heterocycles. The molecule has 0 radical (unpaired) electrons. The molecule has 1 aliphatic heterocycles. The second kappa shape index (κ2) is 7.34. The summed E-state index contributed by atoms with van der Waals surface area (Å²) < 4.78 is 18.2. The number of rotatable bonds is 8. The van der Waals surface area contributed by atoms with Gasteiger partial charge in [0, 0.05) is 31.5 Å². The highest BCUT2D eigenvalue weighted by Crippen LogP contribution is 2.35. The Labute approximate surface area is 134 Å². The number of hydrogen-bond donors (Lipinski definition) is 2. The fraction of sp³-hybridized carbons (Fsp3) is 0.438. The summed E-state index contributed by atoms with van der Waals surface area (Å²) in [7, 11) is 0. The van der Waals surface area contributed by atoms with Crippen molar-refractivity contribution in [1.82, 2.24) is 14.9 Å². The SMILES string of the molecule is CCn1ccnc1CNCC(O)COc1ccc2c(c1)OCO2. The number of ether oxygens (including phenoxy) is 3. The third kappa shape index (κ3) is 3.94. The van der Waals surface area contributed by atoms with Crippen molar-refractivity contribution in [1.29, 1.82) is 0 Å². The maximum Gasteiger partial charge on any atom is 0.231 e. The van der Waals surface area contributed by atoms with E-state index in [1.54, 1.807) is 24.4 Å². The molecule has 2 aromatic rings. The van der Waals surface area contributed by atoms with Gasteiger partial charge in [0.25, 0.3) is 0 Å². The minimum absolute atomic E-state index is 0.203. The van der Waals surface area contributed by atoms with Gasteiger partial charge < -0.3 is 29.2 Å². The van der Waals surface area contributed by atoms with Crippen LogP contribution >= 0.6 is 0 Å². The zero-order valence-corrected chi connectivity index (χ0v) is 13.1. The molecule has 7 nitrogen and oxygen atoms in total. The molecule has 0 amide bonds. The highest BCUT2D eigenvalue weighted by atomic mass is 16.7. The lowest BCUT2D eigenvalue weighted by molar-refractivity contribution is 0.106. The first-order valence-corrected chi connectivity index (χ1v) is 7.67. The quantitative estimate of drug-likeness (QED) is 0.760. The topological polar surface area (TPSA) is 77.8 Å². The van der Waals surface area contributed by atoms with E-state index in [4.69, 9.17) is 14.2 Å². The van der Waals surface area contributed by atoms with E-state index < -0.39 is 6.10 Å². The number of nitrogens with one attached hydrogen (secondary N) is 1. The fourth-order valence-electron chi connectivity index (χ4n) is 2.36. The van der Waals surface area contributed by atoms with E-state index >= 15 is 0 Å². The summed E-state index contributed by atoms with van der Waals surface area (Å²) in [6.45, 7) is 4.43. The smallest absolute Gasteiger partial charge is 0.231 e. The van der Waals surface area contributed by atoms with Crippen LogP contribution < -0.4 is 19.5 Å². The molecule has 0 saturated heterocycles. The molecule has 0 bridgehead atoms. The van der Waals surface area contributed by atoms with Crippen LogP contribution in [0.25, 0.3) is 0 Å². The van der Waals surface area contributed by atoms with Gasteiger partial charge in [-0.05, 0) is 19.1 Å². The van der Waals surface area contributed by atoms with Gasteiger partial charge in [0.15, 0.2) is 11.5 Å². The molecular formula is C16H21N3O4. The first-order chi connectivity index (χ1) is 11.3. The van der Waals surface area contributed by atoms with E-state index in [-0.39, 0.29) is 13.4 Å². The Morgan fingerprint density at radius 3 is 3.13 bits per heavy atom. The first kappa shape index (κ1) is 15.6. The molecule has 23 heavy (non-hydrogen) atoms. The van der Waals surface area contributed by atoms with Crippen LogP contribution in [-0.4, -0.2) is 40.7 Å². The molecule has 1 unspecified atom stereocenters. The largest absolute Gasteiger partial charge is 0.491 e. The van der Waals surface area contributed by atoms with Crippen LogP contribution in [0.4, 0.5) is 0 Å². The van der Waals surface area contributed by atoms with E-state index in [0.717, 1.165) is 12.4 Å². The minimum atomic E-state index is -0.606. The molecule has 124 valence electrons. The van der Waals surface area contributed by atoms with Crippen molar-refractivity contribution in [2.75, 3.05) is 19.9 Å². The Balaban J connectivity index is 1.40. The van der Waals surface area contributed by atoms with E-state index in [9.17, 15) is 5.11 Å². The molecule has 3 rings (SSSR count). The number of aromatic nitrogens is 2. The number of nitrogens with zero attached hydrogens (tertiary/aromatic N) is 2. The summed E-state index contributed by atoms with van der Waals surface area (Å²) >= 11 is 0. The zero-order chi connectivity index (χ0) is 16.1. The van der Waals surface area contributed by atoms with Crippen LogP contribution in [0.3, 0.4) is 0 Å². The monoisotopic (exact) mass is 319 g/mol. The van der Waals surface area contributed by atoms with Crippen molar-refractivity contribution in [2.24, 2.45) is 0 Å². The first-order valence-electron chi connectivity index (χ1n) is 7.67. The molecule has 0 fully saturated rings. The second-order valence-electron chi connectivity index (χ2n) is 5.24. The molecule has 0 aliphatic carbocycles. The Morgan fingerprint density at radius 1 is 1.39 bits per heavy atom. The normalized spacial score (nSPS) is 14.0. The minimum Gasteiger partial charge on any atom is -0.491 e. The summed E-state index contributed by atoms with van der Waals surface area (Å²) in [5, 5.41) is 13.2. The standard InChI is InChI=1S/C16H21N3O4/c1-2-19-6-5-18-16(19)9-17-8-12(20)10-21-13-3-4-14-15(7-13)23-11-22-14/h3-7,12,17,20H,2,8-11H2,1H3. The number of aliphatic hydroxyl groups excluding tert-OH is 1. The Hall–Kier alpha value is -2.25. The predicted molar refractivity (Wildman–Crippen MR) is 83.7 cm³/mol. The number of imidazole rings is 1. The maximum absolute atomic E-state index is 9.99. The molecule has 1 aliphatic rings. The van der Waals surface area contributed by atoms with Gasteiger partial charge in [0.1, 0.15) is 24.3 Å². The Bertz CT molecular complexity index is 644. The number of benzene rings is 1. The van der Waals surface area contributed by atoms with E-state index in [0.29, 0.717) is 30.3 Å². The number of hydrogen-bond acceptors (Lipinski definition) is 6. The lowest BCUT2D eigenvalue weighted by Crippen LogP contribution is -2.31. The van der Waals surface area contributed by atoms with Gasteiger partial charge in [0.05, 0.1) is 6.54 Å². The average molecular weight is 319 g/mol. The molecule has 7 heteroatoms. The summed E-state index contributed by atoms with van der Waals surface area (Å²) in [5.74, 6) is 2.98. The Morgan fingerprint density at radius 2 is 2.26 bits per heavy atom. The zero-order valence-electron chi connectivity index (χ0n) is 13.1. The number of aryl methyl sites for hydroxylation is 1. The summed E-state index contributed by atoms with van der Waals surface area (Å²) in [6, 6.07) is 5.36. The van der Waals surface area contributed by atoms with E-state index in [1.165, 1.54) is 0 Å². The highest BCUT2D eigenvalue weighted by Gasteiger charge is 2.14. The average Bonchev–Trinajstić information content (AvgIpc) is 3.21. The fourth-order valence-corrected chi connectivity index (χ4v) is 2.36. The number of fused-ring (bicyclic) bond motifs is 1. The third-order valence-electron chi connectivity index (χ3n) is 3.59. The van der Waals surface area contributed by atoms with Crippen molar-refractivity contribution in [3.05, 3.63) is 36.4 Å². The van der Waals surface area contributed by atoms with Crippen molar-refractivity contribution >= 4 is 0 Å². The van der Waals surface area contributed by atoms with Gasteiger partial charge in [-0.1, -0.05) is 0 Å². The third-order valence-corrected chi connectivity index (χ3v) is 3.59. The van der Waals surface area contributed by atoms with Gasteiger partial charge in [-0.2, -0.15) is 0 Å². The van der Waals surface area contributed by atoms with Gasteiger partial charge in [0.2, 0.25) is 6.79 Å². The predicted octanol–water partition coefficient (Wildman–Crippen LogP) is 1.16. The summed E-state index contributed by atoms with van der Waals surface area (Å²) in [4.78, 5) is 4.27. The summed E-state index contributed by atoms with van der Waals surface area (Å²) in [5.41, 5.74) is 0. The summed E-state index contributed by atoms with van der Waals surface area (Å²) in [6.07, 6.45) is 3.11. The van der Waals surface area contributed by atoms with Crippen molar-refractivity contribution in [3.8, 4) is 17.2 Å². The van der Waals surface area contributed by atoms with Gasteiger partial charge >= 0.3 is 0 Å². The van der Waals surface area contributed by atoms with E-state index in [2.05, 4.69) is 21.8 Å². The van der Waals surface area contributed by atoms with Gasteiger partial charge in [-0.15, -0.1) is 0 Å². The second-order valence-corrected chi connectivity index (χ2v) is 5.24. The molecule has 1 aromatic heterocycles. The number of aliphatic hydroxyl groups is 1. The van der Waals surface area contributed by atoms with Gasteiger partial charge in [-0.25, -0.2) is 4.98 Å². The van der Waals surface area contributed by atoms with Crippen molar-refractivity contribution < 1.29 is 19.3 Å². The lowest BCUT2D eigenvalue weighted by Gasteiger charge is -2.13. The van der Waals surface area contributed by atoms with Crippen molar-refractivity contribution in [3.63, 3.8) is 0 Å². The van der Waals surface area contributed by atoms with Crippen LogP contribution in [0.15, 0.2) is 30.6 Å². The molecule has 0 saturated carbocycles. The molecule has 1 atom stereocenters. The highest BCUT2D eigenvalue weighted by molar-refractivity contribution is 5.46. The van der Waals surface area contributed by atoms with E-state index in [1.807, 2.05) is 6.20 Å². The van der Waals surface area contributed by atoms with Crippen LogP contribution in [-0.2, 0) is 13.1 Å². The molecule has 0 spiro atoms. The Kier molecular flexibility index (Phi) is 4.99. The van der Waals surface area contributed by atoms with Crippen LogP contribution in [0, 0.1) is 0 Å².